The highest BCUT2D eigenvalue weighted by molar-refractivity contribution is 5.92. The predicted octanol–water partition coefficient (Wildman–Crippen LogP) is 1.33. The number of nitrogens with zero attached hydrogens (tertiary/aromatic N) is 2. The molecule has 114 valence electrons. The van der Waals surface area contributed by atoms with Gasteiger partial charge in [-0.3, -0.25) is 4.79 Å². The van der Waals surface area contributed by atoms with Gasteiger partial charge in [-0.15, -0.1) is 10.2 Å². The summed E-state index contributed by atoms with van der Waals surface area (Å²) in [5.74, 6) is -0.0766. The molecule has 1 aliphatic rings. The lowest BCUT2D eigenvalue weighted by atomic mass is 10.1. The molecule has 0 saturated carbocycles. The van der Waals surface area contributed by atoms with Crippen molar-refractivity contribution < 1.29 is 9.90 Å². The normalized spacial score (nSPS) is 17.9. The number of nitrogens with one attached hydrogen (secondary N) is 2. The topological polar surface area (TPSA) is 87.1 Å². The summed E-state index contributed by atoms with van der Waals surface area (Å²) in [5, 5.41) is 24.0. The van der Waals surface area contributed by atoms with E-state index in [1.54, 1.807) is 30.3 Å². The predicted molar refractivity (Wildman–Crippen MR) is 82.5 cm³/mol. The van der Waals surface area contributed by atoms with Crippen LogP contribution in [0.1, 0.15) is 23.3 Å². The van der Waals surface area contributed by atoms with Crippen LogP contribution in [0.25, 0.3) is 11.3 Å². The van der Waals surface area contributed by atoms with E-state index < -0.39 is 0 Å². The van der Waals surface area contributed by atoms with Gasteiger partial charge in [0, 0.05) is 18.2 Å². The highest BCUT2D eigenvalue weighted by Crippen LogP contribution is 2.26. The van der Waals surface area contributed by atoms with Gasteiger partial charge in [0.1, 0.15) is 5.75 Å². The van der Waals surface area contributed by atoms with Crippen molar-refractivity contribution in [2.45, 2.75) is 18.9 Å². The van der Waals surface area contributed by atoms with Gasteiger partial charge in [-0.1, -0.05) is 12.1 Å². The van der Waals surface area contributed by atoms with E-state index in [0.717, 1.165) is 25.9 Å². The number of hydrogen-bond donors (Lipinski definition) is 3. The van der Waals surface area contributed by atoms with Gasteiger partial charge >= 0.3 is 0 Å². The molecular weight excluding hydrogens is 280 g/mol. The lowest BCUT2D eigenvalue weighted by Gasteiger charge is -2.23. The molecule has 0 radical (unpaired) electrons. The monoisotopic (exact) mass is 298 g/mol. The third kappa shape index (κ3) is 3.23. The fourth-order valence-corrected chi connectivity index (χ4v) is 2.52. The van der Waals surface area contributed by atoms with Crippen LogP contribution in [-0.2, 0) is 0 Å². The van der Waals surface area contributed by atoms with Crippen LogP contribution in [0.4, 0.5) is 0 Å². The van der Waals surface area contributed by atoms with Crippen molar-refractivity contribution in [1.29, 1.82) is 0 Å². The second-order valence-electron chi connectivity index (χ2n) is 5.34. The SMILES string of the molecule is O=C(NC1CCCNC1)c1ccc(-c2ccccc2O)nn1. The summed E-state index contributed by atoms with van der Waals surface area (Å²) in [6.07, 6.45) is 2.03. The van der Waals surface area contributed by atoms with E-state index in [1.807, 2.05) is 6.07 Å². The van der Waals surface area contributed by atoms with Gasteiger partial charge < -0.3 is 15.7 Å². The van der Waals surface area contributed by atoms with Crippen LogP contribution in [0.5, 0.6) is 5.75 Å². The molecule has 1 aliphatic heterocycles. The minimum absolute atomic E-state index is 0.140. The third-order valence-electron chi connectivity index (χ3n) is 3.71. The molecule has 2 heterocycles. The molecule has 0 aliphatic carbocycles. The zero-order chi connectivity index (χ0) is 15.4. The van der Waals surface area contributed by atoms with Crippen molar-refractivity contribution in [2.75, 3.05) is 13.1 Å². The molecule has 1 fully saturated rings. The lowest BCUT2D eigenvalue weighted by molar-refractivity contribution is 0.0924. The smallest absolute Gasteiger partial charge is 0.272 e. The summed E-state index contributed by atoms with van der Waals surface area (Å²) in [4.78, 5) is 12.1. The molecule has 1 saturated heterocycles. The quantitative estimate of drug-likeness (QED) is 0.796. The standard InChI is InChI=1S/C16H18N4O2/c21-15-6-2-1-5-12(15)13-7-8-14(20-19-13)16(22)18-11-4-3-9-17-10-11/h1-2,5-8,11,17,21H,3-4,9-10H2,(H,18,22). The van der Waals surface area contributed by atoms with Gasteiger partial charge in [-0.05, 0) is 43.7 Å². The summed E-state index contributed by atoms with van der Waals surface area (Å²) >= 11 is 0. The van der Waals surface area contributed by atoms with Gasteiger partial charge in [0.15, 0.2) is 5.69 Å². The molecular formula is C16H18N4O2. The molecule has 6 nitrogen and oxygen atoms in total. The fraction of sp³-hybridized carbons (Fsp3) is 0.312. The summed E-state index contributed by atoms with van der Waals surface area (Å²) < 4.78 is 0. The first kappa shape index (κ1) is 14.5. The van der Waals surface area contributed by atoms with Crippen molar-refractivity contribution in [3.05, 3.63) is 42.1 Å². The Labute approximate surface area is 128 Å². The van der Waals surface area contributed by atoms with Gasteiger partial charge in [0.05, 0.1) is 5.69 Å². The van der Waals surface area contributed by atoms with Crippen molar-refractivity contribution >= 4 is 5.91 Å². The molecule has 0 spiro atoms. The summed E-state index contributed by atoms with van der Waals surface area (Å²) in [6, 6.07) is 10.4. The Balaban J connectivity index is 1.71. The number of carbonyl (C=O) groups excluding carboxylic acids is 1. The minimum Gasteiger partial charge on any atom is -0.507 e. The Kier molecular flexibility index (Phi) is 4.29. The summed E-state index contributed by atoms with van der Waals surface area (Å²) in [5.41, 5.74) is 1.41. The van der Waals surface area contributed by atoms with Crippen LogP contribution >= 0.6 is 0 Å². The average molecular weight is 298 g/mol. The number of aromatic nitrogens is 2. The van der Waals surface area contributed by atoms with E-state index >= 15 is 0 Å². The maximum absolute atomic E-state index is 12.1. The summed E-state index contributed by atoms with van der Waals surface area (Å²) in [7, 11) is 0. The molecule has 3 rings (SSSR count). The first-order chi connectivity index (χ1) is 10.7. The first-order valence-electron chi connectivity index (χ1n) is 7.38. The number of piperidine rings is 1. The van der Waals surface area contributed by atoms with Gasteiger partial charge in [0.25, 0.3) is 5.91 Å². The number of rotatable bonds is 3. The molecule has 22 heavy (non-hydrogen) atoms. The van der Waals surface area contributed by atoms with Crippen molar-refractivity contribution in [3.8, 4) is 17.0 Å². The molecule has 1 unspecified atom stereocenters. The van der Waals surface area contributed by atoms with Crippen LogP contribution in [0.15, 0.2) is 36.4 Å². The highest BCUT2D eigenvalue weighted by atomic mass is 16.3. The fourth-order valence-electron chi connectivity index (χ4n) is 2.52. The van der Waals surface area contributed by atoms with Crippen LogP contribution in [0.3, 0.4) is 0 Å². The maximum Gasteiger partial charge on any atom is 0.272 e. The Morgan fingerprint density at radius 1 is 1.23 bits per heavy atom. The van der Waals surface area contributed by atoms with Gasteiger partial charge in [0.2, 0.25) is 0 Å². The highest BCUT2D eigenvalue weighted by Gasteiger charge is 2.17. The maximum atomic E-state index is 12.1. The van der Waals surface area contributed by atoms with E-state index in [9.17, 15) is 9.90 Å². The number of aromatic hydroxyl groups is 1. The molecule has 6 heteroatoms. The second kappa shape index (κ2) is 6.53. The van der Waals surface area contributed by atoms with E-state index in [0.29, 0.717) is 11.3 Å². The van der Waals surface area contributed by atoms with E-state index in [1.165, 1.54) is 0 Å². The Hall–Kier alpha value is -2.47. The molecule has 1 atom stereocenters. The largest absolute Gasteiger partial charge is 0.507 e. The Morgan fingerprint density at radius 3 is 2.77 bits per heavy atom. The second-order valence-corrected chi connectivity index (χ2v) is 5.34. The zero-order valence-electron chi connectivity index (χ0n) is 12.1. The van der Waals surface area contributed by atoms with Gasteiger partial charge in [-0.2, -0.15) is 0 Å². The van der Waals surface area contributed by atoms with Crippen molar-refractivity contribution in [1.82, 2.24) is 20.8 Å². The van der Waals surface area contributed by atoms with Crippen LogP contribution in [-0.4, -0.2) is 40.3 Å². The number of carbonyl (C=O) groups is 1. The lowest BCUT2D eigenvalue weighted by Crippen LogP contribution is -2.45. The number of phenols is 1. The van der Waals surface area contributed by atoms with E-state index in [-0.39, 0.29) is 23.4 Å². The minimum atomic E-state index is -0.218. The van der Waals surface area contributed by atoms with E-state index in [4.69, 9.17) is 0 Å². The number of amides is 1. The Bertz CT molecular complexity index is 651. The van der Waals surface area contributed by atoms with Crippen molar-refractivity contribution in [3.63, 3.8) is 0 Å². The number of benzene rings is 1. The molecule has 2 aromatic rings. The Morgan fingerprint density at radius 2 is 2.09 bits per heavy atom. The third-order valence-corrected chi connectivity index (χ3v) is 3.71. The van der Waals surface area contributed by atoms with E-state index in [2.05, 4.69) is 20.8 Å². The average Bonchev–Trinajstić information content (AvgIpc) is 2.56. The van der Waals surface area contributed by atoms with Crippen LogP contribution in [0.2, 0.25) is 0 Å². The molecule has 1 amide bonds. The molecule has 0 bridgehead atoms. The zero-order valence-corrected chi connectivity index (χ0v) is 12.1. The van der Waals surface area contributed by atoms with Gasteiger partial charge in [-0.25, -0.2) is 0 Å². The molecule has 1 aromatic carbocycles. The number of para-hydroxylation sites is 1. The first-order valence-corrected chi connectivity index (χ1v) is 7.38. The number of phenolic OH excluding ortho intramolecular Hbond substituents is 1. The molecule has 1 aromatic heterocycles. The molecule has 3 N–H and O–H groups in total. The van der Waals surface area contributed by atoms with Crippen LogP contribution < -0.4 is 10.6 Å². The number of hydrogen-bond acceptors (Lipinski definition) is 5. The van der Waals surface area contributed by atoms with Crippen molar-refractivity contribution in [2.24, 2.45) is 0 Å². The summed E-state index contributed by atoms with van der Waals surface area (Å²) in [6.45, 7) is 1.79. The van der Waals surface area contributed by atoms with Crippen LogP contribution in [0, 0.1) is 0 Å².